The van der Waals surface area contributed by atoms with Crippen molar-refractivity contribution in [1.82, 2.24) is 5.43 Å². The number of carbonyl (C=O) groups is 1. The van der Waals surface area contributed by atoms with Crippen molar-refractivity contribution in [1.29, 1.82) is 0 Å². The van der Waals surface area contributed by atoms with Crippen LogP contribution in [0.4, 0.5) is 4.79 Å². The number of urea groups is 1. The molecule has 6 heteroatoms. The highest BCUT2D eigenvalue weighted by Crippen LogP contribution is 2.28. The Hall–Kier alpha value is -1.79. The van der Waals surface area contributed by atoms with Gasteiger partial charge in [-0.3, -0.25) is 0 Å². The summed E-state index contributed by atoms with van der Waals surface area (Å²) in [5, 5.41) is 3.70. The van der Waals surface area contributed by atoms with E-state index < -0.39 is 6.03 Å². The number of amides is 2. The molecule has 3 N–H and O–H groups in total. The molecule has 20 heavy (non-hydrogen) atoms. The fourth-order valence-corrected chi connectivity index (χ4v) is 2.51. The number of hydrazone groups is 1. The molecule has 4 nitrogen and oxygen atoms in total. The second kappa shape index (κ2) is 7.12. The van der Waals surface area contributed by atoms with Crippen molar-refractivity contribution in [3.63, 3.8) is 0 Å². The smallest absolute Gasteiger partial charge is 0.332 e. The number of rotatable bonds is 4. The zero-order valence-corrected chi connectivity index (χ0v) is 12.8. The first kappa shape index (κ1) is 14.6. The summed E-state index contributed by atoms with van der Waals surface area (Å²) in [4.78, 5) is 12.8. The van der Waals surface area contributed by atoms with Crippen molar-refractivity contribution in [3.05, 3.63) is 58.6 Å². The Labute approximate surface area is 129 Å². The van der Waals surface area contributed by atoms with Crippen LogP contribution in [0.2, 0.25) is 0 Å². The summed E-state index contributed by atoms with van der Waals surface area (Å²) >= 11 is 5.09. The van der Waals surface area contributed by atoms with E-state index in [-0.39, 0.29) is 0 Å². The summed E-state index contributed by atoms with van der Waals surface area (Å²) in [5.74, 6) is 0. The Morgan fingerprint density at radius 3 is 2.20 bits per heavy atom. The van der Waals surface area contributed by atoms with Crippen molar-refractivity contribution in [3.8, 4) is 0 Å². The summed E-state index contributed by atoms with van der Waals surface area (Å²) in [6.07, 6.45) is 1.54. The van der Waals surface area contributed by atoms with Gasteiger partial charge in [0.2, 0.25) is 0 Å². The second-order valence-corrected chi connectivity index (χ2v) is 5.92. The van der Waals surface area contributed by atoms with Crippen LogP contribution in [0, 0.1) is 0 Å². The summed E-state index contributed by atoms with van der Waals surface area (Å²) in [6.45, 7) is 0. The van der Waals surface area contributed by atoms with E-state index in [1.54, 1.807) is 18.0 Å². The number of hydrogen-bond donors (Lipinski definition) is 2. The van der Waals surface area contributed by atoms with E-state index in [0.717, 1.165) is 14.9 Å². The van der Waals surface area contributed by atoms with E-state index in [4.69, 9.17) is 5.73 Å². The molecule has 0 unspecified atom stereocenters. The molecular weight excluding hydrogens is 338 g/mol. The first-order valence-electron chi connectivity index (χ1n) is 5.75. The van der Waals surface area contributed by atoms with Gasteiger partial charge in [0.05, 0.1) is 6.21 Å². The molecule has 0 radical (unpaired) electrons. The van der Waals surface area contributed by atoms with Crippen LogP contribution < -0.4 is 11.2 Å². The second-order valence-electron chi connectivity index (χ2n) is 3.86. The molecule has 0 saturated heterocycles. The molecule has 2 aromatic carbocycles. The average Bonchev–Trinajstić information content (AvgIpc) is 2.43. The van der Waals surface area contributed by atoms with E-state index >= 15 is 0 Å². The Bertz CT molecular complexity index is 611. The Morgan fingerprint density at radius 1 is 1.10 bits per heavy atom. The van der Waals surface area contributed by atoms with Gasteiger partial charge in [-0.2, -0.15) is 5.10 Å². The third kappa shape index (κ3) is 4.71. The molecule has 0 fully saturated rings. The Kier molecular flexibility index (Phi) is 5.20. The number of hydrogen-bond acceptors (Lipinski definition) is 3. The van der Waals surface area contributed by atoms with Crippen molar-refractivity contribution in [2.24, 2.45) is 10.8 Å². The van der Waals surface area contributed by atoms with Gasteiger partial charge in [-0.1, -0.05) is 39.8 Å². The topological polar surface area (TPSA) is 67.5 Å². The van der Waals surface area contributed by atoms with Crippen molar-refractivity contribution in [2.75, 3.05) is 0 Å². The molecule has 0 heterocycles. The maximum atomic E-state index is 10.5. The number of carbonyl (C=O) groups excluding carboxylic acids is 1. The number of halogens is 1. The van der Waals surface area contributed by atoms with Crippen LogP contribution in [-0.4, -0.2) is 12.2 Å². The van der Waals surface area contributed by atoms with Crippen LogP contribution in [0.3, 0.4) is 0 Å². The Morgan fingerprint density at radius 2 is 1.65 bits per heavy atom. The van der Waals surface area contributed by atoms with E-state index in [1.807, 2.05) is 36.4 Å². The Balaban J connectivity index is 1.99. The zero-order chi connectivity index (χ0) is 14.4. The van der Waals surface area contributed by atoms with E-state index in [9.17, 15) is 4.79 Å². The van der Waals surface area contributed by atoms with Crippen LogP contribution in [0.15, 0.2) is 67.9 Å². The molecule has 0 aromatic heterocycles. The third-order valence-electron chi connectivity index (χ3n) is 2.32. The lowest BCUT2D eigenvalue weighted by molar-refractivity contribution is 0.249. The summed E-state index contributed by atoms with van der Waals surface area (Å²) in [6, 6.07) is 15.3. The van der Waals surface area contributed by atoms with Gasteiger partial charge in [0.25, 0.3) is 0 Å². The number of nitrogens with one attached hydrogen (secondary N) is 1. The van der Waals surface area contributed by atoms with Gasteiger partial charge >= 0.3 is 6.03 Å². The van der Waals surface area contributed by atoms with Crippen LogP contribution in [0.5, 0.6) is 0 Å². The molecular formula is C14H12BrN3OS. The predicted molar refractivity (Wildman–Crippen MR) is 85.0 cm³/mol. The molecule has 2 aromatic rings. The van der Waals surface area contributed by atoms with Crippen molar-refractivity contribution < 1.29 is 4.79 Å². The maximum absolute atomic E-state index is 10.5. The zero-order valence-electron chi connectivity index (χ0n) is 10.4. The van der Waals surface area contributed by atoms with Gasteiger partial charge in [0.15, 0.2) is 0 Å². The molecule has 0 aliphatic carbocycles. The van der Waals surface area contributed by atoms with Crippen molar-refractivity contribution in [2.45, 2.75) is 9.79 Å². The lowest BCUT2D eigenvalue weighted by Crippen LogP contribution is -2.24. The van der Waals surface area contributed by atoms with Crippen LogP contribution >= 0.6 is 27.7 Å². The summed E-state index contributed by atoms with van der Waals surface area (Å²) in [7, 11) is 0. The maximum Gasteiger partial charge on any atom is 0.332 e. The normalized spacial score (nSPS) is 10.7. The highest BCUT2D eigenvalue weighted by molar-refractivity contribution is 9.10. The highest BCUT2D eigenvalue weighted by atomic mass is 79.9. The lowest BCUT2D eigenvalue weighted by Gasteiger charge is -2.02. The first-order chi connectivity index (χ1) is 9.63. The third-order valence-corrected chi connectivity index (χ3v) is 3.86. The SMILES string of the molecule is NC(=O)N/N=C/c1ccc(Sc2ccc(Br)cc2)cc1. The van der Waals surface area contributed by atoms with Gasteiger partial charge in [-0.15, -0.1) is 0 Å². The molecule has 0 aliphatic heterocycles. The quantitative estimate of drug-likeness (QED) is 0.654. The summed E-state index contributed by atoms with van der Waals surface area (Å²) < 4.78 is 1.07. The molecule has 2 amide bonds. The standard InChI is InChI=1S/C14H12BrN3OS/c15-11-3-7-13(8-4-11)20-12-5-1-10(2-6-12)9-17-18-14(16)19/h1-9H,(H3,16,18,19)/b17-9+. The minimum absolute atomic E-state index is 0.677. The van der Waals surface area contributed by atoms with Crippen molar-refractivity contribution >= 4 is 39.9 Å². The van der Waals surface area contributed by atoms with E-state index in [1.165, 1.54) is 4.90 Å². The van der Waals surface area contributed by atoms with Gasteiger partial charge in [0, 0.05) is 14.3 Å². The average molecular weight is 350 g/mol. The molecule has 0 saturated carbocycles. The molecule has 2 rings (SSSR count). The highest BCUT2D eigenvalue weighted by Gasteiger charge is 1.97. The number of primary amides is 1. The number of benzene rings is 2. The monoisotopic (exact) mass is 349 g/mol. The molecule has 0 bridgehead atoms. The van der Waals surface area contributed by atoms with Gasteiger partial charge in [0.1, 0.15) is 0 Å². The minimum Gasteiger partial charge on any atom is -0.350 e. The lowest BCUT2D eigenvalue weighted by atomic mass is 10.2. The van der Waals surface area contributed by atoms with E-state index in [0.29, 0.717) is 0 Å². The van der Waals surface area contributed by atoms with Gasteiger partial charge in [-0.05, 0) is 42.0 Å². The largest absolute Gasteiger partial charge is 0.350 e. The predicted octanol–water partition coefficient (Wildman–Crippen LogP) is 3.60. The van der Waals surface area contributed by atoms with Gasteiger partial charge < -0.3 is 5.73 Å². The molecule has 0 atom stereocenters. The van der Waals surface area contributed by atoms with Crippen LogP contribution in [0.25, 0.3) is 0 Å². The van der Waals surface area contributed by atoms with Gasteiger partial charge in [-0.25, -0.2) is 10.2 Å². The fraction of sp³-hybridized carbons (Fsp3) is 0. The van der Waals surface area contributed by atoms with E-state index in [2.05, 4.69) is 38.6 Å². The van der Waals surface area contributed by atoms with Crippen LogP contribution in [-0.2, 0) is 0 Å². The molecule has 0 spiro atoms. The fourth-order valence-electron chi connectivity index (χ4n) is 1.43. The number of nitrogens with two attached hydrogens (primary N) is 1. The molecule has 102 valence electrons. The van der Waals surface area contributed by atoms with Crippen LogP contribution in [0.1, 0.15) is 5.56 Å². The summed E-state index contributed by atoms with van der Waals surface area (Å²) in [5.41, 5.74) is 7.95. The first-order valence-corrected chi connectivity index (χ1v) is 7.36. The minimum atomic E-state index is -0.677. The molecule has 0 aliphatic rings. The number of nitrogens with zero attached hydrogens (tertiary/aromatic N) is 1.